The number of amides is 1. The van der Waals surface area contributed by atoms with E-state index in [9.17, 15) is 9.59 Å². The number of carbonyl (C=O) groups excluding carboxylic acids is 2. The molecule has 0 aliphatic heterocycles. The van der Waals surface area contributed by atoms with Crippen molar-refractivity contribution in [3.8, 4) is 11.5 Å². The first kappa shape index (κ1) is 18.0. The van der Waals surface area contributed by atoms with Gasteiger partial charge in [-0.2, -0.15) is 0 Å². The van der Waals surface area contributed by atoms with E-state index >= 15 is 0 Å². The highest BCUT2D eigenvalue weighted by atomic mass is 35.5. The zero-order valence-corrected chi connectivity index (χ0v) is 14.1. The number of ether oxygens (including phenoxy) is 1. The second-order valence-corrected chi connectivity index (χ2v) is 5.79. The van der Waals surface area contributed by atoms with Gasteiger partial charge in [-0.15, -0.1) is 16.8 Å². The number of carbonyl (C=O) groups is 2. The molecular formula is C15H14ClN3O4S. The second kappa shape index (κ2) is 9.09. The van der Waals surface area contributed by atoms with E-state index in [2.05, 4.69) is 22.1 Å². The predicted molar refractivity (Wildman–Crippen MR) is 89.6 cm³/mol. The van der Waals surface area contributed by atoms with Crippen molar-refractivity contribution < 1.29 is 18.7 Å². The molecule has 7 nitrogen and oxygen atoms in total. The fourth-order valence-electron chi connectivity index (χ4n) is 1.52. The third-order valence-electron chi connectivity index (χ3n) is 2.62. The first-order chi connectivity index (χ1) is 11.6. The van der Waals surface area contributed by atoms with E-state index in [1.54, 1.807) is 24.3 Å². The Bertz CT molecular complexity index is 718. The van der Waals surface area contributed by atoms with Crippen LogP contribution in [-0.2, 0) is 14.3 Å². The number of hydrogen-bond donors (Lipinski definition) is 1. The number of hydrogen-bond acceptors (Lipinski definition) is 7. The van der Waals surface area contributed by atoms with E-state index in [1.807, 2.05) is 0 Å². The molecule has 1 aromatic heterocycles. The van der Waals surface area contributed by atoms with Crippen molar-refractivity contribution in [1.82, 2.24) is 15.5 Å². The van der Waals surface area contributed by atoms with Crippen LogP contribution in [0.4, 0.5) is 0 Å². The first-order valence-electron chi connectivity index (χ1n) is 6.84. The molecule has 0 radical (unpaired) electrons. The third-order valence-corrected chi connectivity index (χ3v) is 3.66. The van der Waals surface area contributed by atoms with Gasteiger partial charge in [-0.1, -0.05) is 29.4 Å². The lowest BCUT2D eigenvalue weighted by Crippen LogP contribution is -2.29. The van der Waals surface area contributed by atoms with Crippen molar-refractivity contribution in [2.45, 2.75) is 5.22 Å². The molecule has 0 aliphatic carbocycles. The summed E-state index contributed by atoms with van der Waals surface area (Å²) in [5.74, 6) is -0.667. The third kappa shape index (κ3) is 5.71. The van der Waals surface area contributed by atoms with Crippen molar-refractivity contribution in [1.29, 1.82) is 0 Å². The molecule has 24 heavy (non-hydrogen) atoms. The lowest BCUT2D eigenvalue weighted by Gasteiger charge is -2.03. The van der Waals surface area contributed by atoms with Crippen LogP contribution in [0.15, 0.2) is 46.6 Å². The summed E-state index contributed by atoms with van der Waals surface area (Å²) in [6.07, 6.45) is 1.53. The Hall–Kier alpha value is -2.32. The Morgan fingerprint density at radius 1 is 1.33 bits per heavy atom. The Labute approximate surface area is 147 Å². The van der Waals surface area contributed by atoms with E-state index in [-0.39, 0.29) is 17.6 Å². The highest BCUT2D eigenvalue weighted by Crippen LogP contribution is 2.24. The number of rotatable bonds is 8. The summed E-state index contributed by atoms with van der Waals surface area (Å²) in [5, 5.41) is 11.1. The highest BCUT2D eigenvalue weighted by molar-refractivity contribution is 7.99. The van der Waals surface area contributed by atoms with E-state index in [4.69, 9.17) is 20.8 Å². The molecule has 0 saturated heterocycles. The molecule has 2 aromatic rings. The number of nitrogens with one attached hydrogen (secondary N) is 1. The Balaban J connectivity index is 1.78. The topological polar surface area (TPSA) is 94.3 Å². The van der Waals surface area contributed by atoms with Crippen LogP contribution in [0.1, 0.15) is 0 Å². The van der Waals surface area contributed by atoms with Crippen molar-refractivity contribution in [3.63, 3.8) is 0 Å². The normalized spacial score (nSPS) is 10.2. The summed E-state index contributed by atoms with van der Waals surface area (Å²) < 4.78 is 10.3. The zero-order chi connectivity index (χ0) is 17.4. The molecule has 0 fully saturated rings. The van der Waals surface area contributed by atoms with Crippen molar-refractivity contribution in [2.75, 3.05) is 18.9 Å². The summed E-state index contributed by atoms with van der Waals surface area (Å²) in [7, 11) is 0. The van der Waals surface area contributed by atoms with Gasteiger partial charge in [-0.25, -0.2) is 0 Å². The lowest BCUT2D eigenvalue weighted by molar-refractivity contribution is -0.145. The van der Waals surface area contributed by atoms with Crippen LogP contribution in [-0.4, -0.2) is 41.0 Å². The molecule has 2 rings (SSSR count). The van der Waals surface area contributed by atoms with Crippen LogP contribution < -0.4 is 5.32 Å². The fraction of sp³-hybridized carbons (Fsp3) is 0.200. The molecule has 9 heteroatoms. The molecule has 0 bridgehead atoms. The maximum Gasteiger partial charge on any atom is 0.316 e. The summed E-state index contributed by atoms with van der Waals surface area (Å²) in [5.41, 5.74) is 0.722. The number of thioether (sulfide) groups is 1. The van der Waals surface area contributed by atoms with E-state index in [0.717, 1.165) is 17.3 Å². The minimum Gasteiger partial charge on any atom is -0.455 e. The minimum atomic E-state index is -0.556. The van der Waals surface area contributed by atoms with Crippen molar-refractivity contribution >= 4 is 35.2 Å². The van der Waals surface area contributed by atoms with Crippen LogP contribution in [0.3, 0.4) is 0 Å². The molecule has 1 aromatic carbocycles. The molecule has 1 N–H and O–H groups in total. The molecule has 1 amide bonds. The van der Waals surface area contributed by atoms with Gasteiger partial charge < -0.3 is 14.5 Å². The number of benzene rings is 1. The average molecular weight is 368 g/mol. The van der Waals surface area contributed by atoms with Gasteiger partial charge in [0.05, 0.1) is 0 Å². The molecule has 0 atom stereocenters. The van der Waals surface area contributed by atoms with Gasteiger partial charge in [0, 0.05) is 17.1 Å². The van der Waals surface area contributed by atoms with Gasteiger partial charge in [0.1, 0.15) is 5.75 Å². The first-order valence-corrected chi connectivity index (χ1v) is 8.20. The molecule has 126 valence electrons. The van der Waals surface area contributed by atoms with Gasteiger partial charge in [0.2, 0.25) is 5.89 Å². The van der Waals surface area contributed by atoms with E-state index in [0.29, 0.717) is 17.5 Å². The average Bonchev–Trinajstić information content (AvgIpc) is 3.06. The van der Waals surface area contributed by atoms with E-state index in [1.165, 1.54) is 6.08 Å². The standard InChI is InChI=1S/C15H14ClN3O4S/c1-2-7-17-12(20)8-22-13(21)9-24-15-19-18-14(23-15)10-3-5-11(16)6-4-10/h2-6H,1,7-9H2,(H,17,20). The zero-order valence-electron chi connectivity index (χ0n) is 12.5. The second-order valence-electron chi connectivity index (χ2n) is 4.42. The van der Waals surface area contributed by atoms with Crippen molar-refractivity contribution in [3.05, 3.63) is 41.9 Å². The summed E-state index contributed by atoms with van der Waals surface area (Å²) in [6.45, 7) is 3.44. The largest absolute Gasteiger partial charge is 0.455 e. The highest BCUT2D eigenvalue weighted by Gasteiger charge is 2.13. The Morgan fingerprint density at radius 3 is 2.79 bits per heavy atom. The van der Waals surface area contributed by atoms with E-state index < -0.39 is 11.9 Å². The number of nitrogens with zero attached hydrogens (tertiary/aromatic N) is 2. The molecular weight excluding hydrogens is 354 g/mol. The van der Waals surface area contributed by atoms with Gasteiger partial charge in [0.25, 0.3) is 11.1 Å². The van der Waals surface area contributed by atoms with Crippen LogP contribution in [0.5, 0.6) is 0 Å². The predicted octanol–water partition coefficient (Wildman–Crippen LogP) is 2.33. The molecule has 0 unspecified atom stereocenters. The van der Waals surface area contributed by atoms with Crippen molar-refractivity contribution in [2.24, 2.45) is 0 Å². The summed E-state index contributed by atoms with van der Waals surface area (Å²) in [6, 6.07) is 6.92. The monoisotopic (exact) mass is 367 g/mol. The SMILES string of the molecule is C=CCNC(=O)COC(=O)CSc1nnc(-c2ccc(Cl)cc2)o1. The van der Waals surface area contributed by atoms with Gasteiger partial charge in [-0.3, -0.25) is 9.59 Å². The quantitative estimate of drug-likeness (QED) is 0.434. The Morgan fingerprint density at radius 2 is 2.08 bits per heavy atom. The maximum atomic E-state index is 11.6. The summed E-state index contributed by atoms with van der Waals surface area (Å²) in [4.78, 5) is 22.8. The molecule has 1 heterocycles. The number of halogens is 1. The molecule has 0 saturated carbocycles. The number of esters is 1. The van der Waals surface area contributed by atoms with Gasteiger partial charge in [-0.05, 0) is 24.3 Å². The summed E-state index contributed by atoms with van der Waals surface area (Å²) >= 11 is 6.84. The van der Waals surface area contributed by atoms with Gasteiger partial charge in [0.15, 0.2) is 6.61 Å². The fourth-order valence-corrected chi connectivity index (χ4v) is 2.21. The van der Waals surface area contributed by atoms with Gasteiger partial charge >= 0.3 is 5.97 Å². The lowest BCUT2D eigenvalue weighted by atomic mass is 10.2. The molecule has 0 spiro atoms. The van der Waals surface area contributed by atoms with Crippen LogP contribution in [0, 0.1) is 0 Å². The smallest absolute Gasteiger partial charge is 0.316 e. The molecule has 0 aliphatic rings. The van der Waals surface area contributed by atoms with Crippen LogP contribution in [0.25, 0.3) is 11.5 Å². The number of aromatic nitrogens is 2. The van der Waals surface area contributed by atoms with Crippen LogP contribution >= 0.6 is 23.4 Å². The minimum absolute atomic E-state index is 0.0447. The Kier molecular flexibility index (Phi) is 6.83. The van der Waals surface area contributed by atoms with Crippen LogP contribution in [0.2, 0.25) is 5.02 Å². The maximum absolute atomic E-state index is 11.6.